The molecule has 0 aromatic heterocycles. The molecule has 0 unspecified atom stereocenters. The second-order valence-electron chi connectivity index (χ2n) is 7.11. The zero-order valence-electron chi connectivity index (χ0n) is 16.2. The van der Waals surface area contributed by atoms with E-state index >= 15 is 0 Å². The number of likely N-dealkylation sites (N-methyl/N-ethyl adjacent to an activating group) is 1. The van der Waals surface area contributed by atoms with E-state index in [1.54, 1.807) is 24.3 Å². The van der Waals surface area contributed by atoms with Crippen molar-refractivity contribution in [2.75, 3.05) is 12.4 Å². The predicted molar refractivity (Wildman–Crippen MR) is 107 cm³/mol. The normalized spacial score (nSPS) is 12.3. The average molecular weight is 352 g/mol. The summed E-state index contributed by atoms with van der Waals surface area (Å²) in [6, 6.07) is 15.3. The molecule has 26 heavy (non-hydrogen) atoms. The monoisotopic (exact) mass is 352 g/mol. The van der Waals surface area contributed by atoms with Crippen LogP contribution in [0.5, 0.6) is 0 Å². The van der Waals surface area contributed by atoms with Gasteiger partial charge in [-0.1, -0.05) is 50.2 Å². The fourth-order valence-corrected chi connectivity index (χ4v) is 2.70. The van der Waals surface area contributed by atoms with Gasteiger partial charge in [0.2, 0.25) is 5.91 Å². The molecule has 0 saturated heterocycles. The SMILES string of the molecule is CC(=O)c1cccc(NC(=O)[C@@H](C)N(C)Cc2ccc(C(C)C)cc2)c1. The molecule has 0 aliphatic rings. The second-order valence-corrected chi connectivity index (χ2v) is 7.11. The molecule has 2 rings (SSSR count). The summed E-state index contributed by atoms with van der Waals surface area (Å²) in [5, 5.41) is 2.89. The molecule has 0 aliphatic carbocycles. The third-order valence-electron chi connectivity index (χ3n) is 4.66. The van der Waals surface area contributed by atoms with Crippen molar-refractivity contribution < 1.29 is 9.59 Å². The Hall–Kier alpha value is -2.46. The van der Waals surface area contributed by atoms with Crippen LogP contribution in [0.15, 0.2) is 48.5 Å². The second kappa shape index (κ2) is 8.77. The highest BCUT2D eigenvalue weighted by molar-refractivity contribution is 5.98. The van der Waals surface area contributed by atoms with Gasteiger partial charge in [-0.3, -0.25) is 14.5 Å². The smallest absolute Gasteiger partial charge is 0.241 e. The molecule has 1 amide bonds. The molecule has 4 heteroatoms. The third kappa shape index (κ3) is 5.27. The highest BCUT2D eigenvalue weighted by Gasteiger charge is 2.18. The van der Waals surface area contributed by atoms with Crippen molar-refractivity contribution in [1.29, 1.82) is 0 Å². The van der Waals surface area contributed by atoms with Gasteiger partial charge in [0, 0.05) is 17.8 Å². The number of hydrogen-bond donors (Lipinski definition) is 1. The van der Waals surface area contributed by atoms with E-state index < -0.39 is 0 Å². The van der Waals surface area contributed by atoms with Crippen LogP contribution < -0.4 is 5.32 Å². The Bertz CT molecular complexity index is 766. The van der Waals surface area contributed by atoms with Crippen molar-refractivity contribution in [3.8, 4) is 0 Å². The van der Waals surface area contributed by atoms with E-state index in [0.717, 1.165) is 0 Å². The maximum atomic E-state index is 12.5. The maximum Gasteiger partial charge on any atom is 0.241 e. The minimum atomic E-state index is -0.291. The van der Waals surface area contributed by atoms with Crippen molar-refractivity contribution in [2.24, 2.45) is 0 Å². The Morgan fingerprint density at radius 3 is 2.27 bits per heavy atom. The number of benzene rings is 2. The van der Waals surface area contributed by atoms with Crippen LogP contribution in [-0.2, 0) is 11.3 Å². The van der Waals surface area contributed by atoms with Gasteiger partial charge < -0.3 is 5.32 Å². The standard InChI is InChI=1S/C22H28N2O2/c1-15(2)19-11-9-18(10-12-19)14-24(5)16(3)22(26)23-21-8-6-7-20(13-21)17(4)25/h6-13,15-16H,14H2,1-5H3,(H,23,26)/t16-/m1/s1. The Labute approximate surface area is 156 Å². The first kappa shape index (κ1) is 19.9. The van der Waals surface area contributed by atoms with Crippen molar-refractivity contribution in [2.45, 2.75) is 46.2 Å². The molecule has 0 bridgehead atoms. The van der Waals surface area contributed by atoms with Crippen LogP contribution >= 0.6 is 0 Å². The molecule has 0 saturated carbocycles. The minimum absolute atomic E-state index is 0.0175. The summed E-state index contributed by atoms with van der Waals surface area (Å²) in [6.07, 6.45) is 0. The highest BCUT2D eigenvalue weighted by Crippen LogP contribution is 2.17. The summed E-state index contributed by atoms with van der Waals surface area (Å²) in [5.41, 5.74) is 3.72. The molecule has 4 nitrogen and oxygen atoms in total. The number of hydrogen-bond acceptors (Lipinski definition) is 3. The molecular formula is C22H28N2O2. The number of carbonyl (C=O) groups is 2. The lowest BCUT2D eigenvalue weighted by molar-refractivity contribution is -0.120. The van der Waals surface area contributed by atoms with E-state index in [2.05, 4.69) is 43.4 Å². The summed E-state index contributed by atoms with van der Waals surface area (Å²) in [6.45, 7) is 8.44. The maximum absolute atomic E-state index is 12.5. The molecule has 138 valence electrons. The molecule has 0 fully saturated rings. The molecule has 1 atom stereocenters. The quantitative estimate of drug-likeness (QED) is 0.748. The summed E-state index contributed by atoms with van der Waals surface area (Å²) in [7, 11) is 1.94. The highest BCUT2D eigenvalue weighted by atomic mass is 16.2. The Morgan fingerprint density at radius 2 is 1.69 bits per heavy atom. The molecule has 1 N–H and O–H groups in total. The van der Waals surface area contributed by atoms with Gasteiger partial charge >= 0.3 is 0 Å². The van der Waals surface area contributed by atoms with Gasteiger partial charge in [-0.05, 0) is 50.1 Å². The fourth-order valence-electron chi connectivity index (χ4n) is 2.70. The molecule has 0 aliphatic heterocycles. The lowest BCUT2D eigenvalue weighted by Gasteiger charge is -2.24. The Morgan fingerprint density at radius 1 is 1.04 bits per heavy atom. The largest absolute Gasteiger partial charge is 0.325 e. The van der Waals surface area contributed by atoms with E-state index in [1.807, 2.05) is 18.9 Å². The molecular weight excluding hydrogens is 324 g/mol. The molecule has 2 aromatic rings. The first-order valence-corrected chi connectivity index (χ1v) is 8.99. The first-order chi connectivity index (χ1) is 12.3. The molecule has 0 spiro atoms. The van der Waals surface area contributed by atoms with Gasteiger partial charge in [-0.25, -0.2) is 0 Å². The summed E-state index contributed by atoms with van der Waals surface area (Å²) >= 11 is 0. The van der Waals surface area contributed by atoms with Gasteiger partial charge in [0.05, 0.1) is 6.04 Å². The number of Topliss-reactive ketones (excluding diaryl/α,β-unsaturated/α-hetero) is 1. The van der Waals surface area contributed by atoms with Crippen LogP contribution in [0.25, 0.3) is 0 Å². The minimum Gasteiger partial charge on any atom is -0.325 e. The van der Waals surface area contributed by atoms with Crippen LogP contribution in [0.4, 0.5) is 5.69 Å². The summed E-state index contributed by atoms with van der Waals surface area (Å²) in [4.78, 5) is 26.0. The zero-order valence-corrected chi connectivity index (χ0v) is 16.2. The fraction of sp³-hybridized carbons (Fsp3) is 0.364. The third-order valence-corrected chi connectivity index (χ3v) is 4.66. The van der Waals surface area contributed by atoms with Crippen LogP contribution in [0.3, 0.4) is 0 Å². The lowest BCUT2D eigenvalue weighted by atomic mass is 10.0. The molecule has 0 radical (unpaired) electrons. The van der Waals surface area contributed by atoms with Crippen molar-refractivity contribution in [1.82, 2.24) is 4.90 Å². The zero-order chi connectivity index (χ0) is 19.3. The number of anilines is 1. The van der Waals surface area contributed by atoms with Crippen molar-refractivity contribution >= 4 is 17.4 Å². The Kier molecular flexibility index (Phi) is 6.70. The average Bonchev–Trinajstić information content (AvgIpc) is 2.61. The Balaban J connectivity index is 1.98. The molecule has 2 aromatic carbocycles. The van der Waals surface area contributed by atoms with Crippen LogP contribution in [0.2, 0.25) is 0 Å². The number of nitrogens with one attached hydrogen (secondary N) is 1. The van der Waals surface area contributed by atoms with E-state index in [-0.39, 0.29) is 17.7 Å². The molecule has 0 heterocycles. The van der Waals surface area contributed by atoms with Gasteiger partial charge in [-0.2, -0.15) is 0 Å². The van der Waals surface area contributed by atoms with Gasteiger partial charge in [0.25, 0.3) is 0 Å². The van der Waals surface area contributed by atoms with Crippen LogP contribution in [-0.4, -0.2) is 29.7 Å². The predicted octanol–water partition coefficient (Wildman–Crippen LogP) is 4.47. The van der Waals surface area contributed by atoms with Crippen LogP contribution in [0, 0.1) is 0 Å². The van der Waals surface area contributed by atoms with Gasteiger partial charge in [0.15, 0.2) is 5.78 Å². The number of amides is 1. The van der Waals surface area contributed by atoms with E-state index in [0.29, 0.717) is 23.7 Å². The number of ketones is 1. The first-order valence-electron chi connectivity index (χ1n) is 8.99. The van der Waals surface area contributed by atoms with Gasteiger partial charge in [-0.15, -0.1) is 0 Å². The topological polar surface area (TPSA) is 49.4 Å². The number of carbonyl (C=O) groups excluding carboxylic acids is 2. The number of nitrogens with zero attached hydrogens (tertiary/aromatic N) is 1. The summed E-state index contributed by atoms with van der Waals surface area (Å²) in [5.74, 6) is 0.403. The van der Waals surface area contributed by atoms with Crippen molar-refractivity contribution in [3.05, 3.63) is 65.2 Å². The number of rotatable bonds is 7. The van der Waals surface area contributed by atoms with Gasteiger partial charge in [0.1, 0.15) is 0 Å². The summed E-state index contributed by atoms with van der Waals surface area (Å²) < 4.78 is 0. The van der Waals surface area contributed by atoms with E-state index in [4.69, 9.17) is 0 Å². The van der Waals surface area contributed by atoms with E-state index in [1.165, 1.54) is 18.1 Å². The van der Waals surface area contributed by atoms with Crippen molar-refractivity contribution in [3.63, 3.8) is 0 Å². The lowest BCUT2D eigenvalue weighted by Crippen LogP contribution is -2.39. The van der Waals surface area contributed by atoms with E-state index in [9.17, 15) is 9.59 Å². The van der Waals surface area contributed by atoms with Crippen LogP contribution in [0.1, 0.15) is 55.1 Å².